The van der Waals surface area contributed by atoms with E-state index in [-0.39, 0.29) is 5.56 Å². The standard InChI is InChI=1S/C15H13N3O2/c1-18(13-8-3-2-5-10(13)9-16)14-11(15(19)20)6-4-7-12(14)17/h2-8H,17H2,1H3,(H,19,20). The first kappa shape index (κ1) is 13.4. The van der Waals surface area contributed by atoms with E-state index in [0.29, 0.717) is 22.6 Å². The monoisotopic (exact) mass is 267 g/mol. The molecule has 0 saturated carbocycles. The number of nitrogens with zero attached hydrogens (tertiary/aromatic N) is 2. The Bertz CT molecular complexity index is 705. The van der Waals surface area contributed by atoms with Crippen molar-refractivity contribution in [3.8, 4) is 6.07 Å². The van der Waals surface area contributed by atoms with Crippen LogP contribution in [0.15, 0.2) is 42.5 Å². The van der Waals surface area contributed by atoms with Crippen LogP contribution in [0.25, 0.3) is 0 Å². The molecule has 0 aliphatic carbocycles. The molecule has 0 radical (unpaired) electrons. The molecule has 0 aromatic heterocycles. The highest BCUT2D eigenvalue weighted by molar-refractivity contribution is 5.99. The second kappa shape index (κ2) is 5.33. The topological polar surface area (TPSA) is 90.4 Å². The molecule has 0 atom stereocenters. The molecule has 0 spiro atoms. The maximum Gasteiger partial charge on any atom is 0.337 e. The first-order valence-corrected chi connectivity index (χ1v) is 5.91. The van der Waals surface area contributed by atoms with Crippen LogP contribution in [0, 0.1) is 11.3 Å². The second-order valence-electron chi connectivity index (χ2n) is 4.24. The van der Waals surface area contributed by atoms with Gasteiger partial charge in [-0.3, -0.25) is 0 Å². The number of nitriles is 1. The molecule has 2 rings (SSSR count). The molecule has 5 nitrogen and oxygen atoms in total. The van der Waals surface area contributed by atoms with Gasteiger partial charge in [-0.25, -0.2) is 4.79 Å². The summed E-state index contributed by atoms with van der Waals surface area (Å²) in [6.45, 7) is 0. The molecule has 3 N–H and O–H groups in total. The van der Waals surface area contributed by atoms with Crippen molar-refractivity contribution in [2.45, 2.75) is 0 Å². The number of carbonyl (C=O) groups is 1. The molecule has 0 heterocycles. The highest BCUT2D eigenvalue weighted by Crippen LogP contribution is 2.34. The molecule has 2 aromatic rings. The van der Waals surface area contributed by atoms with Crippen LogP contribution < -0.4 is 10.6 Å². The van der Waals surface area contributed by atoms with Crippen LogP contribution in [0.2, 0.25) is 0 Å². The fourth-order valence-electron chi connectivity index (χ4n) is 2.09. The molecular weight excluding hydrogens is 254 g/mol. The van der Waals surface area contributed by atoms with E-state index in [1.54, 1.807) is 48.3 Å². The van der Waals surface area contributed by atoms with Gasteiger partial charge in [0.05, 0.1) is 28.2 Å². The minimum atomic E-state index is -1.06. The Hall–Kier alpha value is -3.00. The lowest BCUT2D eigenvalue weighted by Gasteiger charge is -2.23. The summed E-state index contributed by atoms with van der Waals surface area (Å²) in [7, 11) is 1.69. The zero-order valence-electron chi connectivity index (χ0n) is 10.9. The summed E-state index contributed by atoms with van der Waals surface area (Å²) in [5.41, 5.74) is 7.78. The van der Waals surface area contributed by atoms with Crippen LogP contribution in [0.1, 0.15) is 15.9 Å². The average Bonchev–Trinajstić information content (AvgIpc) is 2.46. The van der Waals surface area contributed by atoms with Crippen LogP contribution in [-0.2, 0) is 0 Å². The summed E-state index contributed by atoms with van der Waals surface area (Å²) in [4.78, 5) is 12.9. The van der Waals surface area contributed by atoms with Gasteiger partial charge in [-0.15, -0.1) is 0 Å². The molecule has 0 unspecified atom stereocenters. The Labute approximate surface area is 116 Å². The SMILES string of the molecule is CN(c1ccccc1C#N)c1c(N)cccc1C(=O)O. The van der Waals surface area contributed by atoms with Crippen LogP contribution >= 0.6 is 0 Å². The van der Waals surface area contributed by atoms with Gasteiger partial charge in [0.1, 0.15) is 6.07 Å². The second-order valence-corrected chi connectivity index (χ2v) is 4.24. The average molecular weight is 267 g/mol. The largest absolute Gasteiger partial charge is 0.478 e. The number of para-hydroxylation sites is 2. The zero-order valence-corrected chi connectivity index (χ0v) is 10.9. The van der Waals surface area contributed by atoms with Crippen LogP contribution in [0.4, 0.5) is 17.1 Å². The van der Waals surface area contributed by atoms with E-state index in [1.165, 1.54) is 6.07 Å². The Balaban J connectivity index is 2.63. The lowest BCUT2D eigenvalue weighted by Crippen LogP contribution is -2.17. The van der Waals surface area contributed by atoms with E-state index in [4.69, 9.17) is 11.0 Å². The van der Waals surface area contributed by atoms with Gasteiger partial charge < -0.3 is 15.7 Å². The predicted octanol–water partition coefficient (Wildman–Crippen LogP) is 2.61. The maximum absolute atomic E-state index is 11.3. The fraction of sp³-hybridized carbons (Fsp3) is 0.0667. The number of hydrogen-bond donors (Lipinski definition) is 2. The highest BCUT2D eigenvalue weighted by Gasteiger charge is 2.18. The Morgan fingerprint density at radius 3 is 2.60 bits per heavy atom. The van der Waals surface area contributed by atoms with Gasteiger partial charge in [0.25, 0.3) is 0 Å². The summed E-state index contributed by atoms with van der Waals surface area (Å²) in [5, 5.41) is 18.4. The minimum absolute atomic E-state index is 0.0974. The van der Waals surface area contributed by atoms with Crippen molar-refractivity contribution in [2.75, 3.05) is 17.7 Å². The predicted molar refractivity (Wildman–Crippen MR) is 77.0 cm³/mol. The quantitative estimate of drug-likeness (QED) is 0.834. The molecule has 0 fully saturated rings. The fourth-order valence-corrected chi connectivity index (χ4v) is 2.09. The highest BCUT2D eigenvalue weighted by atomic mass is 16.4. The van der Waals surface area contributed by atoms with Gasteiger partial charge >= 0.3 is 5.97 Å². The van der Waals surface area contributed by atoms with Crippen molar-refractivity contribution in [3.63, 3.8) is 0 Å². The summed E-state index contributed by atoms with van der Waals surface area (Å²) in [5.74, 6) is -1.06. The van der Waals surface area contributed by atoms with E-state index < -0.39 is 5.97 Å². The van der Waals surface area contributed by atoms with Crippen molar-refractivity contribution in [1.82, 2.24) is 0 Å². The molecule has 0 amide bonds. The van der Waals surface area contributed by atoms with E-state index in [2.05, 4.69) is 6.07 Å². The molecule has 2 aromatic carbocycles. The summed E-state index contributed by atoms with van der Waals surface area (Å²) < 4.78 is 0. The van der Waals surface area contributed by atoms with Gasteiger partial charge in [-0.1, -0.05) is 18.2 Å². The number of nitrogens with two attached hydrogens (primary N) is 1. The molecule has 100 valence electrons. The minimum Gasteiger partial charge on any atom is -0.478 e. The third-order valence-electron chi connectivity index (χ3n) is 3.02. The first-order valence-electron chi connectivity index (χ1n) is 5.91. The van der Waals surface area contributed by atoms with Crippen LogP contribution in [-0.4, -0.2) is 18.1 Å². The van der Waals surface area contributed by atoms with Crippen LogP contribution in [0.3, 0.4) is 0 Å². The lowest BCUT2D eigenvalue weighted by molar-refractivity contribution is 0.0697. The molecule has 0 aliphatic heterocycles. The van der Waals surface area contributed by atoms with E-state index in [0.717, 1.165) is 0 Å². The Morgan fingerprint density at radius 1 is 1.25 bits per heavy atom. The number of benzene rings is 2. The van der Waals surface area contributed by atoms with Crippen molar-refractivity contribution >= 4 is 23.0 Å². The van der Waals surface area contributed by atoms with E-state index >= 15 is 0 Å². The third kappa shape index (κ3) is 2.27. The van der Waals surface area contributed by atoms with Gasteiger partial charge in [-0.2, -0.15) is 5.26 Å². The number of aromatic carboxylic acids is 1. The van der Waals surface area contributed by atoms with Crippen LogP contribution in [0.5, 0.6) is 0 Å². The number of anilines is 3. The van der Waals surface area contributed by atoms with Gasteiger partial charge in [0.15, 0.2) is 0 Å². The molecule has 5 heteroatoms. The zero-order chi connectivity index (χ0) is 14.7. The Kier molecular flexibility index (Phi) is 3.58. The summed E-state index contributed by atoms with van der Waals surface area (Å²) >= 11 is 0. The smallest absolute Gasteiger partial charge is 0.337 e. The van der Waals surface area contributed by atoms with Crippen molar-refractivity contribution in [1.29, 1.82) is 5.26 Å². The van der Waals surface area contributed by atoms with Gasteiger partial charge in [0.2, 0.25) is 0 Å². The number of carboxylic acids is 1. The van der Waals surface area contributed by atoms with Crippen molar-refractivity contribution in [3.05, 3.63) is 53.6 Å². The third-order valence-corrected chi connectivity index (χ3v) is 3.02. The number of rotatable bonds is 3. The van der Waals surface area contributed by atoms with E-state index in [1.807, 2.05) is 0 Å². The van der Waals surface area contributed by atoms with Gasteiger partial charge in [0, 0.05) is 7.05 Å². The lowest BCUT2D eigenvalue weighted by atomic mass is 10.1. The molecule has 20 heavy (non-hydrogen) atoms. The number of nitrogen functional groups attached to an aromatic ring is 1. The maximum atomic E-state index is 11.3. The number of carboxylic acid groups (broad SMARTS) is 1. The Morgan fingerprint density at radius 2 is 1.95 bits per heavy atom. The molecule has 0 bridgehead atoms. The van der Waals surface area contributed by atoms with Gasteiger partial charge in [-0.05, 0) is 24.3 Å². The molecular formula is C15H13N3O2. The number of hydrogen-bond acceptors (Lipinski definition) is 4. The van der Waals surface area contributed by atoms with E-state index in [9.17, 15) is 9.90 Å². The molecule has 0 aliphatic rings. The molecule has 0 saturated heterocycles. The van der Waals surface area contributed by atoms with Crippen molar-refractivity contribution < 1.29 is 9.90 Å². The van der Waals surface area contributed by atoms with Crippen molar-refractivity contribution in [2.24, 2.45) is 0 Å². The normalized spacial score (nSPS) is 9.80. The summed E-state index contributed by atoms with van der Waals surface area (Å²) in [6, 6.07) is 13.7. The first-order chi connectivity index (χ1) is 9.56. The summed E-state index contributed by atoms with van der Waals surface area (Å²) in [6.07, 6.45) is 0.